The van der Waals surface area contributed by atoms with Crippen LogP contribution in [0.3, 0.4) is 0 Å². The average molecular weight is 304 g/mol. The Labute approximate surface area is 132 Å². The van der Waals surface area contributed by atoms with Crippen molar-refractivity contribution in [2.45, 2.75) is 19.8 Å². The van der Waals surface area contributed by atoms with E-state index in [0.717, 1.165) is 18.0 Å². The van der Waals surface area contributed by atoms with Crippen molar-refractivity contribution in [3.8, 4) is 5.75 Å². The van der Waals surface area contributed by atoms with E-state index in [1.165, 1.54) is 5.56 Å². The highest BCUT2D eigenvalue weighted by Crippen LogP contribution is 2.30. The van der Waals surface area contributed by atoms with E-state index in [2.05, 4.69) is 43.4 Å². The molecule has 112 valence electrons. The number of halogens is 1. The van der Waals surface area contributed by atoms with E-state index in [1.807, 2.05) is 24.3 Å². The predicted molar refractivity (Wildman–Crippen MR) is 90.5 cm³/mol. The van der Waals surface area contributed by atoms with Crippen LogP contribution in [0.4, 0.5) is 5.69 Å². The number of anilines is 1. The summed E-state index contributed by atoms with van der Waals surface area (Å²) >= 11 is 6.07. The molecule has 3 heteroatoms. The lowest BCUT2D eigenvalue weighted by molar-refractivity contribution is 0.416. The average Bonchev–Trinajstić information content (AvgIpc) is 2.48. The first-order chi connectivity index (χ1) is 10.1. The molecule has 1 unspecified atom stereocenters. The Morgan fingerprint density at radius 2 is 1.81 bits per heavy atom. The van der Waals surface area contributed by atoms with Crippen molar-refractivity contribution in [3.63, 3.8) is 0 Å². The lowest BCUT2D eigenvalue weighted by atomic mass is 9.88. The van der Waals surface area contributed by atoms with Crippen LogP contribution < -0.4 is 10.1 Å². The third-order valence-corrected chi connectivity index (χ3v) is 3.94. The van der Waals surface area contributed by atoms with Crippen LogP contribution in [-0.4, -0.2) is 13.7 Å². The number of rotatable bonds is 6. The summed E-state index contributed by atoms with van der Waals surface area (Å²) in [7, 11) is 1.67. The first-order valence-corrected chi connectivity index (χ1v) is 7.62. The monoisotopic (exact) mass is 303 g/mol. The van der Waals surface area contributed by atoms with Gasteiger partial charge in [-0.25, -0.2) is 0 Å². The molecule has 0 radical (unpaired) electrons. The molecule has 2 nitrogen and oxygen atoms in total. The zero-order chi connectivity index (χ0) is 15.2. The van der Waals surface area contributed by atoms with Crippen molar-refractivity contribution in [3.05, 3.63) is 59.1 Å². The molecule has 0 aliphatic rings. The lowest BCUT2D eigenvalue weighted by Crippen LogP contribution is -2.18. The minimum Gasteiger partial charge on any atom is -0.495 e. The highest BCUT2D eigenvalue weighted by molar-refractivity contribution is 6.30. The molecule has 0 fully saturated rings. The van der Waals surface area contributed by atoms with Crippen molar-refractivity contribution >= 4 is 17.3 Å². The van der Waals surface area contributed by atoms with Crippen molar-refractivity contribution in [2.24, 2.45) is 5.92 Å². The summed E-state index contributed by atoms with van der Waals surface area (Å²) in [5.41, 5.74) is 2.28. The molecule has 0 aliphatic carbocycles. The predicted octanol–water partition coefficient (Wildman–Crippen LogP) is 5.20. The molecule has 2 aromatic rings. The molecule has 0 heterocycles. The fourth-order valence-electron chi connectivity index (χ4n) is 2.48. The molecular formula is C18H22ClNO. The van der Waals surface area contributed by atoms with Gasteiger partial charge >= 0.3 is 0 Å². The number of ether oxygens (including phenoxy) is 1. The Morgan fingerprint density at radius 3 is 2.43 bits per heavy atom. The van der Waals surface area contributed by atoms with Gasteiger partial charge in [0.2, 0.25) is 0 Å². The van der Waals surface area contributed by atoms with E-state index < -0.39 is 0 Å². The zero-order valence-corrected chi connectivity index (χ0v) is 13.5. The smallest absolute Gasteiger partial charge is 0.142 e. The van der Waals surface area contributed by atoms with Crippen LogP contribution in [0.15, 0.2) is 48.5 Å². The quantitative estimate of drug-likeness (QED) is 0.792. The molecule has 1 N–H and O–H groups in total. The molecule has 2 rings (SSSR count). The highest BCUT2D eigenvalue weighted by atomic mass is 35.5. The van der Waals surface area contributed by atoms with E-state index in [1.54, 1.807) is 7.11 Å². The second-order valence-electron chi connectivity index (χ2n) is 5.49. The van der Waals surface area contributed by atoms with Crippen LogP contribution in [0.5, 0.6) is 5.75 Å². The van der Waals surface area contributed by atoms with Gasteiger partial charge in [-0.15, -0.1) is 0 Å². The summed E-state index contributed by atoms with van der Waals surface area (Å²) in [5, 5.41) is 4.18. The third kappa shape index (κ3) is 4.15. The largest absolute Gasteiger partial charge is 0.495 e. The van der Waals surface area contributed by atoms with Gasteiger partial charge < -0.3 is 10.1 Å². The van der Waals surface area contributed by atoms with Crippen LogP contribution in [0.1, 0.15) is 25.3 Å². The van der Waals surface area contributed by atoms with Gasteiger partial charge in [-0.2, -0.15) is 0 Å². The molecule has 0 amide bonds. The molecule has 0 saturated carbocycles. The summed E-state index contributed by atoms with van der Waals surface area (Å²) in [5.74, 6) is 1.80. The molecule has 2 aromatic carbocycles. The number of nitrogens with one attached hydrogen (secondary N) is 1. The molecule has 1 atom stereocenters. The van der Waals surface area contributed by atoms with Gasteiger partial charge in [0.05, 0.1) is 12.8 Å². The van der Waals surface area contributed by atoms with Gasteiger partial charge in [-0.05, 0) is 29.7 Å². The Balaban J connectivity index is 2.14. The Bertz CT molecular complexity index is 569. The normalized spacial score (nSPS) is 12.2. The zero-order valence-electron chi connectivity index (χ0n) is 12.8. The second-order valence-corrected chi connectivity index (χ2v) is 5.92. The van der Waals surface area contributed by atoms with Crippen LogP contribution in [0.25, 0.3) is 0 Å². The summed E-state index contributed by atoms with van der Waals surface area (Å²) in [4.78, 5) is 0. The van der Waals surface area contributed by atoms with E-state index in [-0.39, 0.29) is 0 Å². The fraction of sp³-hybridized carbons (Fsp3) is 0.333. The van der Waals surface area contributed by atoms with Crippen LogP contribution in [0, 0.1) is 5.92 Å². The van der Waals surface area contributed by atoms with Crippen molar-refractivity contribution in [1.29, 1.82) is 0 Å². The van der Waals surface area contributed by atoms with Crippen LogP contribution in [0.2, 0.25) is 5.02 Å². The number of hydrogen-bond donors (Lipinski definition) is 1. The molecule has 0 aromatic heterocycles. The van der Waals surface area contributed by atoms with Crippen molar-refractivity contribution in [1.82, 2.24) is 0 Å². The maximum atomic E-state index is 6.07. The Hall–Kier alpha value is -1.67. The van der Waals surface area contributed by atoms with E-state index in [4.69, 9.17) is 16.3 Å². The molecule has 0 aliphatic heterocycles. The fourth-order valence-corrected chi connectivity index (χ4v) is 2.65. The first-order valence-electron chi connectivity index (χ1n) is 7.24. The second kappa shape index (κ2) is 7.37. The van der Waals surface area contributed by atoms with Crippen LogP contribution in [-0.2, 0) is 0 Å². The summed E-state index contributed by atoms with van der Waals surface area (Å²) in [6, 6.07) is 16.2. The van der Waals surface area contributed by atoms with E-state index >= 15 is 0 Å². The molecule has 0 saturated heterocycles. The van der Waals surface area contributed by atoms with Gasteiger partial charge in [-0.1, -0.05) is 55.8 Å². The number of hydrogen-bond acceptors (Lipinski definition) is 2. The first kappa shape index (κ1) is 15.7. The number of benzene rings is 2. The maximum absolute atomic E-state index is 6.07. The molecular weight excluding hydrogens is 282 g/mol. The van der Waals surface area contributed by atoms with Gasteiger partial charge in [0.25, 0.3) is 0 Å². The van der Waals surface area contributed by atoms with Gasteiger partial charge in [0.15, 0.2) is 0 Å². The van der Waals surface area contributed by atoms with Crippen molar-refractivity contribution < 1.29 is 4.74 Å². The van der Waals surface area contributed by atoms with Gasteiger partial charge in [0.1, 0.15) is 5.75 Å². The van der Waals surface area contributed by atoms with Crippen LogP contribution >= 0.6 is 11.6 Å². The minimum atomic E-state index is 0.440. The maximum Gasteiger partial charge on any atom is 0.142 e. The molecule has 0 spiro atoms. The topological polar surface area (TPSA) is 21.3 Å². The third-order valence-electron chi connectivity index (χ3n) is 3.71. The van der Waals surface area contributed by atoms with E-state index in [9.17, 15) is 0 Å². The van der Waals surface area contributed by atoms with E-state index in [0.29, 0.717) is 16.9 Å². The summed E-state index contributed by atoms with van der Waals surface area (Å²) in [6.45, 7) is 5.33. The summed E-state index contributed by atoms with van der Waals surface area (Å²) < 4.78 is 5.38. The minimum absolute atomic E-state index is 0.440. The molecule has 0 bridgehead atoms. The molecule has 21 heavy (non-hydrogen) atoms. The van der Waals surface area contributed by atoms with Gasteiger partial charge in [0, 0.05) is 17.5 Å². The van der Waals surface area contributed by atoms with Crippen molar-refractivity contribution in [2.75, 3.05) is 19.0 Å². The standard InChI is InChI=1S/C18H22ClNO/c1-13(2)16(14-7-5-4-6-8-14)12-20-17-11-15(19)9-10-18(17)21-3/h4-11,13,16,20H,12H2,1-3H3. The number of methoxy groups -OCH3 is 1. The Kier molecular flexibility index (Phi) is 5.51. The SMILES string of the molecule is COc1ccc(Cl)cc1NCC(c1ccccc1)C(C)C. The summed E-state index contributed by atoms with van der Waals surface area (Å²) in [6.07, 6.45) is 0. The van der Waals surface area contributed by atoms with Gasteiger partial charge in [-0.3, -0.25) is 0 Å². The highest BCUT2D eigenvalue weighted by Gasteiger charge is 2.16. The lowest BCUT2D eigenvalue weighted by Gasteiger charge is -2.23. The Morgan fingerprint density at radius 1 is 1.10 bits per heavy atom.